The van der Waals surface area contributed by atoms with Gasteiger partial charge in [-0.05, 0) is 38.7 Å². The fourth-order valence-electron chi connectivity index (χ4n) is 2.75. The van der Waals surface area contributed by atoms with Crippen LogP contribution in [0.5, 0.6) is 0 Å². The number of rotatable bonds is 9. The zero-order chi connectivity index (χ0) is 16.2. The van der Waals surface area contributed by atoms with Crippen LogP contribution in [-0.4, -0.2) is 36.5 Å². The lowest BCUT2D eigenvalue weighted by atomic mass is 9.97. The molecule has 1 aliphatic heterocycles. The summed E-state index contributed by atoms with van der Waals surface area (Å²) in [5.74, 6) is -0.0698. The molecule has 0 spiro atoms. The van der Waals surface area contributed by atoms with Crippen molar-refractivity contribution in [1.29, 1.82) is 0 Å². The van der Waals surface area contributed by atoms with Gasteiger partial charge in [0.15, 0.2) is 0 Å². The van der Waals surface area contributed by atoms with Crippen LogP contribution in [0.1, 0.15) is 65.2 Å². The molecule has 0 unspecified atom stereocenters. The Hall–Kier alpha value is -1.32. The number of carbonyl (C=O) groups excluding carboxylic acids is 2. The van der Waals surface area contributed by atoms with E-state index in [2.05, 4.69) is 6.92 Å². The average molecular weight is 309 g/mol. The molecule has 126 valence electrons. The van der Waals surface area contributed by atoms with Crippen LogP contribution in [-0.2, 0) is 14.3 Å². The lowest BCUT2D eigenvalue weighted by Gasteiger charge is -2.30. The van der Waals surface area contributed by atoms with Crippen molar-refractivity contribution in [3.05, 3.63) is 12.2 Å². The first-order valence-electron chi connectivity index (χ1n) is 8.81. The smallest absolute Gasteiger partial charge is 0.309 e. The normalized spacial score (nSPS) is 16.2. The van der Waals surface area contributed by atoms with Gasteiger partial charge in [-0.1, -0.05) is 38.7 Å². The molecule has 0 aromatic heterocycles. The fourth-order valence-corrected chi connectivity index (χ4v) is 2.75. The van der Waals surface area contributed by atoms with Gasteiger partial charge >= 0.3 is 5.97 Å². The molecule has 1 saturated heterocycles. The van der Waals surface area contributed by atoms with Gasteiger partial charge in [-0.15, -0.1) is 0 Å². The fraction of sp³-hybridized carbons (Fsp3) is 0.778. The Kier molecular flexibility index (Phi) is 9.60. The number of piperidine rings is 1. The van der Waals surface area contributed by atoms with Crippen LogP contribution in [0, 0.1) is 5.92 Å². The number of nitrogens with zero attached hydrogens (tertiary/aromatic N) is 1. The largest absolute Gasteiger partial charge is 0.466 e. The Morgan fingerprint density at radius 2 is 1.77 bits per heavy atom. The Bertz CT molecular complexity index is 357. The summed E-state index contributed by atoms with van der Waals surface area (Å²) in [6.07, 6.45) is 12.4. The quantitative estimate of drug-likeness (QED) is 0.370. The van der Waals surface area contributed by atoms with E-state index in [0.29, 0.717) is 19.7 Å². The Labute approximate surface area is 134 Å². The third kappa shape index (κ3) is 7.10. The van der Waals surface area contributed by atoms with Crippen molar-refractivity contribution in [2.75, 3.05) is 19.7 Å². The second kappa shape index (κ2) is 11.3. The minimum Gasteiger partial charge on any atom is -0.466 e. The molecule has 4 nitrogen and oxygen atoms in total. The van der Waals surface area contributed by atoms with Gasteiger partial charge in [-0.2, -0.15) is 0 Å². The first-order chi connectivity index (χ1) is 10.7. The minimum atomic E-state index is -0.114. The summed E-state index contributed by atoms with van der Waals surface area (Å²) in [5.41, 5.74) is 0. The maximum Gasteiger partial charge on any atom is 0.309 e. The zero-order valence-corrected chi connectivity index (χ0v) is 14.2. The average Bonchev–Trinajstić information content (AvgIpc) is 2.54. The summed E-state index contributed by atoms with van der Waals surface area (Å²) < 4.78 is 5.04. The molecular formula is C18H31NO3. The molecule has 0 bridgehead atoms. The molecule has 1 heterocycles. The second-order valence-corrected chi connectivity index (χ2v) is 5.96. The number of hydrogen-bond donors (Lipinski definition) is 0. The summed E-state index contributed by atoms with van der Waals surface area (Å²) in [4.78, 5) is 25.5. The minimum absolute atomic E-state index is 0.0356. The molecule has 1 amide bonds. The number of amides is 1. The molecule has 0 saturated carbocycles. The van der Waals surface area contributed by atoms with Crippen molar-refractivity contribution in [2.24, 2.45) is 5.92 Å². The van der Waals surface area contributed by atoms with Crippen LogP contribution >= 0.6 is 0 Å². The molecule has 0 atom stereocenters. The highest BCUT2D eigenvalue weighted by atomic mass is 16.5. The van der Waals surface area contributed by atoms with Gasteiger partial charge in [0.05, 0.1) is 12.5 Å². The van der Waals surface area contributed by atoms with E-state index < -0.39 is 0 Å². The first kappa shape index (κ1) is 18.7. The van der Waals surface area contributed by atoms with Crippen molar-refractivity contribution >= 4 is 11.9 Å². The Morgan fingerprint density at radius 1 is 1.09 bits per heavy atom. The molecule has 1 rings (SSSR count). The molecule has 0 aromatic carbocycles. The van der Waals surface area contributed by atoms with Crippen LogP contribution in [0.3, 0.4) is 0 Å². The monoisotopic (exact) mass is 309 g/mol. The van der Waals surface area contributed by atoms with Gasteiger partial charge in [-0.3, -0.25) is 9.59 Å². The lowest BCUT2D eigenvalue weighted by molar-refractivity contribution is -0.150. The van der Waals surface area contributed by atoms with Gasteiger partial charge in [0.1, 0.15) is 0 Å². The van der Waals surface area contributed by atoms with E-state index in [-0.39, 0.29) is 17.8 Å². The Balaban J connectivity index is 2.18. The molecule has 22 heavy (non-hydrogen) atoms. The van der Waals surface area contributed by atoms with Gasteiger partial charge in [0.25, 0.3) is 0 Å². The number of allylic oxidation sites excluding steroid dienone is 1. The van der Waals surface area contributed by atoms with Crippen molar-refractivity contribution in [2.45, 2.75) is 65.2 Å². The topological polar surface area (TPSA) is 46.6 Å². The number of hydrogen-bond acceptors (Lipinski definition) is 3. The third-order valence-corrected chi connectivity index (χ3v) is 4.16. The molecule has 1 fully saturated rings. The van der Waals surface area contributed by atoms with E-state index >= 15 is 0 Å². The maximum atomic E-state index is 12.1. The van der Waals surface area contributed by atoms with Gasteiger partial charge < -0.3 is 9.64 Å². The van der Waals surface area contributed by atoms with Crippen LogP contribution in [0.25, 0.3) is 0 Å². The van der Waals surface area contributed by atoms with Crippen LogP contribution < -0.4 is 0 Å². The number of carbonyl (C=O) groups is 2. The Morgan fingerprint density at radius 3 is 2.41 bits per heavy atom. The number of esters is 1. The molecule has 1 aliphatic rings. The zero-order valence-electron chi connectivity index (χ0n) is 14.2. The molecule has 0 aromatic rings. The highest BCUT2D eigenvalue weighted by Crippen LogP contribution is 2.19. The number of unbranched alkanes of at least 4 members (excludes halogenated alkanes) is 5. The lowest BCUT2D eigenvalue weighted by Crippen LogP contribution is -2.39. The van der Waals surface area contributed by atoms with Crippen LogP contribution in [0.15, 0.2) is 12.2 Å². The predicted molar refractivity (Wildman–Crippen MR) is 88.5 cm³/mol. The van der Waals surface area contributed by atoms with Crippen molar-refractivity contribution < 1.29 is 14.3 Å². The van der Waals surface area contributed by atoms with E-state index in [1.807, 2.05) is 17.9 Å². The summed E-state index contributed by atoms with van der Waals surface area (Å²) in [6, 6.07) is 0. The highest BCUT2D eigenvalue weighted by molar-refractivity contribution is 5.87. The SMILES string of the molecule is CCCCCCC/C=C/C(=O)N1CCC(C(=O)OCC)CC1. The van der Waals surface area contributed by atoms with E-state index in [4.69, 9.17) is 4.74 Å². The van der Waals surface area contributed by atoms with Crippen LogP contribution in [0.4, 0.5) is 0 Å². The summed E-state index contributed by atoms with van der Waals surface area (Å²) in [5, 5.41) is 0. The first-order valence-corrected chi connectivity index (χ1v) is 8.81. The van der Waals surface area contributed by atoms with Crippen LogP contribution in [0.2, 0.25) is 0 Å². The van der Waals surface area contributed by atoms with Gasteiger partial charge in [-0.25, -0.2) is 0 Å². The molecule has 4 heteroatoms. The van der Waals surface area contributed by atoms with Gasteiger partial charge in [0, 0.05) is 13.1 Å². The second-order valence-electron chi connectivity index (χ2n) is 5.96. The van der Waals surface area contributed by atoms with E-state index in [1.54, 1.807) is 6.08 Å². The molecular weight excluding hydrogens is 278 g/mol. The highest BCUT2D eigenvalue weighted by Gasteiger charge is 2.27. The standard InChI is InChI=1S/C18H31NO3/c1-3-5-6-7-8-9-10-11-17(20)19-14-12-16(13-15-19)18(21)22-4-2/h10-11,16H,3-9,12-15H2,1-2H3/b11-10+. The van der Waals surface area contributed by atoms with E-state index in [0.717, 1.165) is 25.7 Å². The van der Waals surface area contributed by atoms with Crippen molar-refractivity contribution in [1.82, 2.24) is 4.90 Å². The third-order valence-electron chi connectivity index (χ3n) is 4.16. The molecule has 0 aliphatic carbocycles. The summed E-state index contributed by atoms with van der Waals surface area (Å²) >= 11 is 0. The van der Waals surface area contributed by atoms with E-state index in [9.17, 15) is 9.59 Å². The maximum absolute atomic E-state index is 12.1. The summed E-state index contributed by atoms with van der Waals surface area (Å²) in [6.45, 7) is 5.78. The number of ether oxygens (including phenoxy) is 1. The van der Waals surface area contributed by atoms with Crippen molar-refractivity contribution in [3.8, 4) is 0 Å². The predicted octanol–water partition coefficient (Wildman–Crippen LogP) is 3.70. The van der Waals surface area contributed by atoms with Crippen molar-refractivity contribution in [3.63, 3.8) is 0 Å². The molecule has 0 N–H and O–H groups in total. The number of likely N-dealkylation sites (tertiary alicyclic amines) is 1. The summed E-state index contributed by atoms with van der Waals surface area (Å²) in [7, 11) is 0. The van der Waals surface area contributed by atoms with Gasteiger partial charge in [0.2, 0.25) is 5.91 Å². The van der Waals surface area contributed by atoms with E-state index in [1.165, 1.54) is 25.7 Å². The molecule has 0 radical (unpaired) electrons.